The lowest BCUT2D eigenvalue weighted by atomic mass is 9.94. The van der Waals surface area contributed by atoms with Crippen LogP contribution in [0.5, 0.6) is 23.0 Å². The second kappa shape index (κ2) is 9.97. The van der Waals surface area contributed by atoms with Gasteiger partial charge < -0.3 is 28.9 Å². The number of hydrogen-bond acceptors (Lipinski definition) is 4. The number of methoxy groups -OCH3 is 4. The Morgan fingerprint density at radius 3 is 1.73 bits per heavy atom. The second-order valence-electron chi connectivity index (χ2n) is 9.20. The minimum absolute atomic E-state index is 0.579. The second-order valence-corrected chi connectivity index (χ2v) is 9.20. The van der Waals surface area contributed by atoms with Crippen LogP contribution in [0.25, 0.3) is 44.1 Å². The van der Waals surface area contributed by atoms with Gasteiger partial charge in [0.05, 0.1) is 39.6 Å². The number of aromatic amines is 2. The molecule has 0 aliphatic rings. The van der Waals surface area contributed by atoms with E-state index in [1.54, 1.807) is 28.4 Å². The smallest absolute Gasteiger partial charge is 0.173 e. The average molecular weight is 497 g/mol. The molecule has 5 aromatic rings. The molecule has 2 heterocycles. The van der Waals surface area contributed by atoms with E-state index in [0.717, 1.165) is 50.5 Å². The highest BCUT2D eigenvalue weighted by Crippen LogP contribution is 2.58. The molecule has 5 rings (SSSR count). The first-order valence-electron chi connectivity index (χ1n) is 12.2. The van der Waals surface area contributed by atoms with Crippen molar-refractivity contribution in [1.82, 2.24) is 9.97 Å². The van der Waals surface area contributed by atoms with Crippen molar-refractivity contribution in [2.75, 3.05) is 28.4 Å². The van der Waals surface area contributed by atoms with Crippen molar-refractivity contribution >= 4 is 21.8 Å². The molecule has 0 spiro atoms. The number of fused-ring (bicyclic) bond motifs is 2. The summed E-state index contributed by atoms with van der Waals surface area (Å²) in [4.78, 5) is 6.76. The van der Waals surface area contributed by atoms with Crippen LogP contribution < -0.4 is 18.9 Å². The normalized spacial score (nSPS) is 11.1. The average Bonchev–Trinajstić information content (AvgIpc) is 3.54. The Balaban J connectivity index is 1.83. The van der Waals surface area contributed by atoms with Crippen LogP contribution in [0, 0.1) is 0 Å². The number of aromatic nitrogens is 2. The molecular weight excluding hydrogens is 464 g/mol. The fraction of sp³-hybridized carbons (Fsp3) is 0.226. The number of nitrogens with one attached hydrogen (secondary N) is 2. The lowest BCUT2D eigenvalue weighted by molar-refractivity contribution is 0.333. The van der Waals surface area contributed by atoms with Gasteiger partial charge in [-0.25, -0.2) is 0 Å². The maximum Gasteiger partial charge on any atom is 0.173 e. The van der Waals surface area contributed by atoms with Gasteiger partial charge in [0.1, 0.15) is 0 Å². The Hall–Kier alpha value is -4.32. The molecule has 190 valence electrons. The summed E-state index contributed by atoms with van der Waals surface area (Å²) in [5, 5.41) is 2.12. The minimum Gasteiger partial charge on any atom is -0.492 e. The highest BCUT2D eigenvalue weighted by molar-refractivity contribution is 6.06. The summed E-state index contributed by atoms with van der Waals surface area (Å²) < 4.78 is 24.2. The van der Waals surface area contributed by atoms with Crippen LogP contribution in [0.15, 0.2) is 66.5 Å². The number of H-pyrrole nitrogens is 2. The molecule has 0 unspecified atom stereocenters. The van der Waals surface area contributed by atoms with E-state index in [1.807, 2.05) is 30.6 Å². The van der Waals surface area contributed by atoms with E-state index in [1.165, 1.54) is 11.1 Å². The monoisotopic (exact) mass is 496 g/mol. The Kier molecular flexibility index (Phi) is 6.57. The number of hydrogen-bond donors (Lipinski definition) is 2. The molecule has 0 aliphatic heterocycles. The zero-order chi connectivity index (χ0) is 26.1. The third-order valence-corrected chi connectivity index (χ3v) is 6.76. The zero-order valence-corrected chi connectivity index (χ0v) is 22.1. The first-order valence-corrected chi connectivity index (χ1v) is 12.2. The van der Waals surface area contributed by atoms with Crippen LogP contribution in [-0.2, 0) is 6.42 Å². The molecule has 0 fully saturated rings. The molecule has 0 atom stereocenters. The van der Waals surface area contributed by atoms with Crippen LogP contribution >= 0.6 is 0 Å². The van der Waals surface area contributed by atoms with Crippen LogP contribution in [0.4, 0.5) is 0 Å². The van der Waals surface area contributed by atoms with E-state index < -0.39 is 0 Å². The zero-order valence-electron chi connectivity index (χ0n) is 22.1. The van der Waals surface area contributed by atoms with Crippen molar-refractivity contribution in [2.45, 2.75) is 20.3 Å². The number of para-hydroxylation sites is 1. The summed E-state index contributed by atoms with van der Waals surface area (Å²) in [6.45, 7) is 4.23. The third-order valence-electron chi connectivity index (χ3n) is 6.76. The fourth-order valence-corrected chi connectivity index (χ4v) is 5.03. The molecule has 37 heavy (non-hydrogen) atoms. The maximum atomic E-state index is 6.05. The summed E-state index contributed by atoms with van der Waals surface area (Å²) in [6, 6.07) is 14.6. The standard InChI is InChI=1S/C31H32N2O4/c1-18(2)11-12-19-13-14-25-21(15-19)23(17-33-25)27-30(36-5)28(34-3)26(29(35-4)31(27)37-6)22-16-32-24-10-8-7-9-20(22)24/h7-11,13-17,32-33H,12H2,1-6H3. The molecule has 0 amide bonds. The summed E-state index contributed by atoms with van der Waals surface area (Å²) >= 11 is 0. The van der Waals surface area contributed by atoms with Crippen LogP contribution in [0.2, 0.25) is 0 Å². The van der Waals surface area contributed by atoms with Gasteiger partial charge in [-0.2, -0.15) is 0 Å². The Morgan fingerprint density at radius 1 is 0.676 bits per heavy atom. The SMILES string of the molecule is COc1c(OC)c(-c2c[nH]c3ccc(CC=C(C)C)cc23)c(OC)c(OC)c1-c1c[nH]c2ccccc12. The van der Waals surface area contributed by atoms with Crippen molar-refractivity contribution in [3.63, 3.8) is 0 Å². The molecule has 0 saturated carbocycles. The number of rotatable bonds is 8. The van der Waals surface area contributed by atoms with Gasteiger partial charge >= 0.3 is 0 Å². The summed E-state index contributed by atoms with van der Waals surface area (Å²) in [5.41, 5.74) is 7.99. The molecule has 0 bridgehead atoms. The first-order chi connectivity index (χ1) is 18.0. The molecular formula is C31H32N2O4. The third kappa shape index (κ3) is 4.08. The van der Waals surface area contributed by atoms with E-state index in [9.17, 15) is 0 Å². The van der Waals surface area contributed by atoms with Gasteiger partial charge in [0.15, 0.2) is 23.0 Å². The molecule has 2 aromatic heterocycles. The van der Waals surface area contributed by atoms with Crippen LogP contribution in [-0.4, -0.2) is 38.4 Å². The van der Waals surface area contributed by atoms with Crippen molar-refractivity contribution in [1.29, 1.82) is 0 Å². The van der Waals surface area contributed by atoms with Gasteiger partial charge in [0.2, 0.25) is 0 Å². The van der Waals surface area contributed by atoms with Crippen molar-refractivity contribution in [3.05, 3.63) is 72.1 Å². The van der Waals surface area contributed by atoms with Gasteiger partial charge in [-0.15, -0.1) is 0 Å². The highest BCUT2D eigenvalue weighted by atomic mass is 16.5. The van der Waals surface area contributed by atoms with Gasteiger partial charge in [0.25, 0.3) is 0 Å². The van der Waals surface area contributed by atoms with Gasteiger partial charge in [0, 0.05) is 45.3 Å². The van der Waals surface area contributed by atoms with E-state index in [4.69, 9.17) is 18.9 Å². The molecule has 6 nitrogen and oxygen atoms in total. The van der Waals surface area contributed by atoms with E-state index in [0.29, 0.717) is 23.0 Å². The van der Waals surface area contributed by atoms with Crippen molar-refractivity contribution in [3.8, 4) is 45.3 Å². The molecule has 2 N–H and O–H groups in total. The predicted octanol–water partition coefficient (Wildman–Crippen LogP) is 7.53. The Morgan fingerprint density at radius 2 is 1.19 bits per heavy atom. The van der Waals surface area contributed by atoms with Crippen molar-refractivity contribution in [2.24, 2.45) is 0 Å². The number of allylic oxidation sites excluding steroid dienone is 2. The Labute approximate surface area is 216 Å². The van der Waals surface area contributed by atoms with Crippen LogP contribution in [0.3, 0.4) is 0 Å². The number of benzene rings is 3. The largest absolute Gasteiger partial charge is 0.492 e. The van der Waals surface area contributed by atoms with Crippen LogP contribution in [0.1, 0.15) is 19.4 Å². The topological polar surface area (TPSA) is 68.5 Å². The van der Waals surface area contributed by atoms with Crippen molar-refractivity contribution < 1.29 is 18.9 Å². The van der Waals surface area contributed by atoms with Gasteiger partial charge in [-0.05, 0) is 44.0 Å². The minimum atomic E-state index is 0.579. The summed E-state index contributed by atoms with van der Waals surface area (Å²) in [7, 11) is 6.61. The molecule has 0 aliphatic carbocycles. The summed E-state index contributed by atoms with van der Waals surface area (Å²) in [5.74, 6) is 2.32. The summed E-state index contributed by atoms with van der Waals surface area (Å²) in [6.07, 6.45) is 7.05. The maximum absolute atomic E-state index is 6.05. The number of ether oxygens (including phenoxy) is 4. The van der Waals surface area contributed by atoms with E-state index >= 15 is 0 Å². The highest BCUT2D eigenvalue weighted by Gasteiger charge is 2.31. The Bertz CT molecular complexity index is 1590. The van der Waals surface area contributed by atoms with Gasteiger partial charge in [-0.1, -0.05) is 35.9 Å². The molecule has 0 saturated heterocycles. The predicted molar refractivity (Wildman–Crippen MR) is 150 cm³/mol. The van der Waals surface area contributed by atoms with E-state index in [2.05, 4.69) is 54.2 Å². The molecule has 6 heteroatoms. The molecule has 0 radical (unpaired) electrons. The van der Waals surface area contributed by atoms with Gasteiger partial charge in [-0.3, -0.25) is 0 Å². The molecule has 3 aromatic carbocycles. The van der Waals surface area contributed by atoms with E-state index in [-0.39, 0.29) is 0 Å². The first kappa shape index (κ1) is 24.4. The lowest BCUT2D eigenvalue weighted by Gasteiger charge is -2.23. The fourth-order valence-electron chi connectivity index (χ4n) is 5.03. The quantitative estimate of drug-likeness (QED) is 0.218. The lowest BCUT2D eigenvalue weighted by Crippen LogP contribution is -2.02.